The van der Waals surface area contributed by atoms with Gasteiger partial charge in [-0.2, -0.15) is 0 Å². The predicted octanol–water partition coefficient (Wildman–Crippen LogP) is 4.02. The Morgan fingerprint density at radius 2 is 1.88 bits per heavy atom. The van der Waals surface area contributed by atoms with E-state index < -0.39 is 5.97 Å². The number of carbonyl (C=O) groups is 4. The van der Waals surface area contributed by atoms with E-state index in [1.165, 1.54) is 0 Å². The molecule has 0 spiro atoms. The van der Waals surface area contributed by atoms with Gasteiger partial charge in [0.15, 0.2) is 0 Å². The molecule has 0 aromatic carbocycles. The molecule has 7 heteroatoms. The van der Waals surface area contributed by atoms with Crippen LogP contribution in [0.3, 0.4) is 0 Å². The molecule has 7 nitrogen and oxygen atoms in total. The molecule has 10 atom stereocenters. The van der Waals surface area contributed by atoms with Crippen molar-refractivity contribution in [2.24, 2.45) is 46.3 Å². The highest BCUT2D eigenvalue weighted by atomic mass is 16.5. The summed E-state index contributed by atoms with van der Waals surface area (Å²) in [6, 6.07) is 0. The van der Waals surface area contributed by atoms with Gasteiger partial charge >= 0.3 is 5.97 Å². The molecule has 4 rings (SSSR count). The summed E-state index contributed by atoms with van der Waals surface area (Å²) in [5, 5.41) is 9.20. The molecule has 4 aliphatic rings. The number of ketones is 1. The molecule has 0 heterocycles. The van der Waals surface area contributed by atoms with Gasteiger partial charge in [-0.15, -0.1) is 0 Å². The van der Waals surface area contributed by atoms with E-state index in [0.717, 1.165) is 19.3 Å². The molecule has 4 fully saturated rings. The van der Waals surface area contributed by atoms with Crippen molar-refractivity contribution in [1.29, 1.82) is 0 Å². The summed E-state index contributed by atoms with van der Waals surface area (Å²) in [4.78, 5) is 46.6. The van der Waals surface area contributed by atoms with Crippen molar-refractivity contribution in [2.45, 2.75) is 90.8 Å². The second-order valence-electron chi connectivity index (χ2n) is 11.7. The number of Topliss-reactive ketones (excluding diaryl/α,β-unsaturated/α-hetero) is 1. The van der Waals surface area contributed by atoms with Gasteiger partial charge in [0.25, 0.3) is 12.9 Å². The molecule has 0 aromatic rings. The Balaban J connectivity index is 1.71. The lowest BCUT2D eigenvalue weighted by Gasteiger charge is -2.63. The minimum absolute atomic E-state index is 0.0415. The average molecular weight is 463 g/mol. The van der Waals surface area contributed by atoms with E-state index in [1.54, 1.807) is 0 Å². The molecule has 0 saturated heterocycles. The van der Waals surface area contributed by atoms with Crippen molar-refractivity contribution in [3.8, 4) is 0 Å². The zero-order chi connectivity index (χ0) is 24.0. The summed E-state index contributed by atoms with van der Waals surface area (Å²) in [7, 11) is 0. The summed E-state index contributed by atoms with van der Waals surface area (Å²) >= 11 is 0. The summed E-state index contributed by atoms with van der Waals surface area (Å²) < 4.78 is 11.5. The van der Waals surface area contributed by atoms with Crippen molar-refractivity contribution in [3.05, 3.63) is 0 Å². The zero-order valence-corrected chi connectivity index (χ0v) is 20.0. The lowest BCUT2D eigenvalue weighted by molar-refractivity contribution is -0.212. The lowest BCUT2D eigenvalue weighted by atomic mass is 9.43. The van der Waals surface area contributed by atoms with Crippen LogP contribution in [0.2, 0.25) is 0 Å². The van der Waals surface area contributed by atoms with Crippen LogP contribution in [-0.2, 0) is 28.7 Å². The van der Waals surface area contributed by atoms with Crippen LogP contribution in [0.4, 0.5) is 0 Å². The Bertz CT molecular complexity index is 796. The number of aliphatic carboxylic acids is 1. The fourth-order valence-electron chi connectivity index (χ4n) is 8.93. The van der Waals surface area contributed by atoms with E-state index >= 15 is 0 Å². The maximum absolute atomic E-state index is 12.3. The third-order valence-electron chi connectivity index (χ3n) is 10.6. The summed E-state index contributed by atoms with van der Waals surface area (Å²) in [5.41, 5.74) is -0.335. The Morgan fingerprint density at radius 1 is 1.15 bits per heavy atom. The molecule has 4 aliphatic carbocycles. The van der Waals surface area contributed by atoms with Gasteiger partial charge in [-0.1, -0.05) is 20.8 Å². The Hall–Kier alpha value is -1.92. The van der Waals surface area contributed by atoms with Gasteiger partial charge in [0.2, 0.25) is 0 Å². The molecule has 1 N–H and O–H groups in total. The molecular weight excluding hydrogens is 424 g/mol. The summed E-state index contributed by atoms with van der Waals surface area (Å²) in [6.07, 6.45) is 5.53. The Labute approximate surface area is 196 Å². The van der Waals surface area contributed by atoms with Crippen LogP contribution in [0.1, 0.15) is 78.6 Å². The van der Waals surface area contributed by atoms with Crippen LogP contribution in [-0.4, -0.2) is 42.0 Å². The van der Waals surface area contributed by atoms with Crippen LogP contribution in [0.5, 0.6) is 0 Å². The van der Waals surface area contributed by atoms with Crippen molar-refractivity contribution in [3.63, 3.8) is 0 Å². The number of rotatable bonds is 8. The molecule has 184 valence electrons. The van der Waals surface area contributed by atoms with E-state index in [4.69, 9.17) is 9.47 Å². The van der Waals surface area contributed by atoms with Crippen LogP contribution in [0, 0.1) is 46.3 Å². The second kappa shape index (κ2) is 9.03. The first-order valence-corrected chi connectivity index (χ1v) is 12.6. The van der Waals surface area contributed by atoms with E-state index in [-0.39, 0.29) is 70.7 Å². The highest BCUT2D eigenvalue weighted by Gasteiger charge is 2.67. The topological polar surface area (TPSA) is 107 Å². The van der Waals surface area contributed by atoms with E-state index in [0.29, 0.717) is 45.0 Å². The van der Waals surface area contributed by atoms with Crippen LogP contribution in [0.25, 0.3) is 0 Å². The quantitative estimate of drug-likeness (QED) is 0.543. The first-order valence-electron chi connectivity index (χ1n) is 12.6. The fraction of sp³-hybridized carbons (Fsp3) is 0.846. The first kappa shape index (κ1) is 24.2. The van der Waals surface area contributed by atoms with Gasteiger partial charge in [-0.25, -0.2) is 0 Å². The van der Waals surface area contributed by atoms with Gasteiger partial charge in [0.1, 0.15) is 18.0 Å². The first-order chi connectivity index (χ1) is 15.7. The molecule has 33 heavy (non-hydrogen) atoms. The molecule has 0 radical (unpaired) electrons. The van der Waals surface area contributed by atoms with Gasteiger partial charge in [0.05, 0.1) is 0 Å². The summed E-state index contributed by atoms with van der Waals surface area (Å²) in [6.45, 7) is 7.75. The van der Waals surface area contributed by atoms with E-state index in [9.17, 15) is 24.3 Å². The maximum atomic E-state index is 12.3. The minimum Gasteiger partial charge on any atom is -0.481 e. The monoisotopic (exact) mass is 462 g/mol. The van der Waals surface area contributed by atoms with Crippen LogP contribution in [0.15, 0.2) is 0 Å². The summed E-state index contributed by atoms with van der Waals surface area (Å²) in [5.74, 6) is 0.705. The number of hydrogen-bond donors (Lipinski definition) is 1. The Morgan fingerprint density at radius 3 is 2.55 bits per heavy atom. The third kappa shape index (κ3) is 3.89. The molecule has 4 saturated carbocycles. The minimum atomic E-state index is -0.788. The van der Waals surface area contributed by atoms with E-state index in [1.807, 2.05) is 0 Å². The number of ether oxygens (including phenoxy) is 2. The molecule has 0 bridgehead atoms. The molecular formula is C26H38O7. The van der Waals surface area contributed by atoms with Crippen LogP contribution < -0.4 is 0 Å². The molecule has 0 aromatic heterocycles. The predicted molar refractivity (Wildman–Crippen MR) is 119 cm³/mol. The van der Waals surface area contributed by atoms with Crippen molar-refractivity contribution in [1.82, 2.24) is 0 Å². The normalized spacial score (nSPS) is 45.2. The van der Waals surface area contributed by atoms with Gasteiger partial charge in [-0.05, 0) is 73.5 Å². The average Bonchev–Trinajstić information content (AvgIpc) is 3.12. The third-order valence-corrected chi connectivity index (χ3v) is 10.6. The maximum Gasteiger partial charge on any atom is 0.303 e. The van der Waals surface area contributed by atoms with E-state index in [2.05, 4.69) is 20.8 Å². The van der Waals surface area contributed by atoms with Crippen molar-refractivity contribution >= 4 is 24.7 Å². The van der Waals surface area contributed by atoms with Gasteiger partial charge < -0.3 is 14.6 Å². The number of fused-ring (bicyclic) bond motifs is 5. The number of carbonyl (C=O) groups excluding carboxylic acids is 3. The Kier molecular flexibility index (Phi) is 6.62. The highest BCUT2D eigenvalue weighted by molar-refractivity contribution is 5.79. The fourth-order valence-corrected chi connectivity index (χ4v) is 8.93. The van der Waals surface area contributed by atoms with Crippen molar-refractivity contribution in [2.75, 3.05) is 0 Å². The zero-order valence-electron chi connectivity index (χ0n) is 20.0. The highest BCUT2D eigenvalue weighted by Crippen LogP contribution is 2.69. The standard InChI is InChI=1S/C26H38O7/c1-15(4-7-23(30)31)18-5-6-19-24-20(12-22(33-14-28)26(18,19)3)25(2)9-8-17(29)10-16(25)11-21(24)32-13-27/h13-16,18-22,24H,4-12H2,1-3H3,(H,30,31)/t15-,16+,18?,19+,20+,21-,22+,24+,25+,26-/m1/s1. The molecule has 1 unspecified atom stereocenters. The smallest absolute Gasteiger partial charge is 0.303 e. The second-order valence-corrected chi connectivity index (χ2v) is 11.7. The number of carboxylic acids is 1. The lowest BCUT2D eigenvalue weighted by Crippen LogP contribution is -2.63. The molecule has 0 amide bonds. The number of hydrogen-bond acceptors (Lipinski definition) is 6. The molecule has 0 aliphatic heterocycles. The SMILES string of the molecule is C[C@H](CCC(=O)O)C1CC[C@H]2[C@@H]3[C@H](OC=O)C[C@@H]4CC(=O)CC[C@]4(C)[C@H]3C[C@H](OC=O)[C@]12C. The largest absolute Gasteiger partial charge is 0.481 e. The van der Waals surface area contributed by atoms with Gasteiger partial charge in [0, 0.05) is 30.6 Å². The van der Waals surface area contributed by atoms with Crippen molar-refractivity contribution < 1.29 is 33.8 Å². The van der Waals surface area contributed by atoms with Crippen LogP contribution >= 0.6 is 0 Å². The number of carboxylic acid groups (broad SMARTS) is 1. The van der Waals surface area contributed by atoms with Gasteiger partial charge in [-0.3, -0.25) is 19.2 Å².